The van der Waals surface area contributed by atoms with E-state index in [1.807, 2.05) is 0 Å². The average Bonchev–Trinajstić information content (AvgIpc) is 2.82. The van der Waals surface area contributed by atoms with Crippen molar-refractivity contribution >= 4 is 5.97 Å². The number of ether oxygens (including phenoxy) is 3. The van der Waals surface area contributed by atoms with Gasteiger partial charge in [-0.2, -0.15) is 0 Å². The van der Waals surface area contributed by atoms with Gasteiger partial charge in [0.2, 0.25) is 6.79 Å². The van der Waals surface area contributed by atoms with E-state index in [-0.39, 0.29) is 13.4 Å². The SMILES string of the molecule is CNC(C)(COc1ccc2c(c1)OCO2)C(=O)O. The van der Waals surface area contributed by atoms with Crippen LogP contribution in [-0.4, -0.2) is 37.1 Å². The molecular formula is C12H15NO5. The number of likely N-dealkylation sites (N-methyl/N-ethyl adjacent to an activating group) is 1. The van der Waals surface area contributed by atoms with Crippen LogP contribution in [0.3, 0.4) is 0 Å². The summed E-state index contributed by atoms with van der Waals surface area (Å²) in [5, 5.41) is 11.8. The van der Waals surface area contributed by atoms with Gasteiger partial charge in [-0.3, -0.25) is 4.79 Å². The van der Waals surface area contributed by atoms with Gasteiger partial charge in [-0.05, 0) is 26.1 Å². The van der Waals surface area contributed by atoms with Gasteiger partial charge in [0.05, 0.1) is 0 Å². The van der Waals surface area contributed by atoms with Gasteiger partial charge in [0.15, 0.2) is 11.5 Å². The van der Waals surface area contributed by atoms with Crippen molar-refractivity contribution in [2.45, 2.75) is 12.5 Å². The monoisotopic (exact) mass is 253 g/mol. The molecule has 0 aliphatic carbocycles. The maximum Gasteiger partial charge on any atom is 0.327 e. The largest absolute Gasteiger partial charge is 0.491 e. The molecule has 0 aromatic heterocycles. The Labute approximate surface area is 104 Å². The maximum atomic E-state index is 11.1. The number of hydrogen-bond donors (Lipinski definition) is 2. The maximum absolute atomic E-state index is 11.1. The van der Waals surface area contributed by atoms with E-state index in [0.29, 0.717) is 17.2 Å². The first-order valence-corrected chi connectivity index (χ1v) is 5.50. The lowest BCUT2D eigenvalue weighted by Crippen LogP contribution is -2.52. The van der Waals surface area contributed by atoms with Crippen LogP contribution in [-0.2, 0) is 4.79 Å². The van der Waals surface area contributed by atoms with Crippen LogP contribution < -0.4 is 19.5 Å². The van der Waals surface area contributed by atoms with Gasteiger partial charge in [0.1, 0.15) is 17.9 Å². The molecule has 0 radical (unpaired) electrons. The zero-order chi connectivity index (χ0) is 13.2. The molecule has 1 aliphatic rings. The fourth-order valence-corrected chi connectivity index (χ4v) is 1.44. The van der Waals surface area contributed by atoms with Gasteiger partial charge in [0, 0.05) is 6.07 Å². The zero-order valence-corrected chi connectivity index (χ0v) is 10.2. The second kappa shape index (κ2) is 4.73. The molecule has 6 heteroatoms. The van der Waals surface area contributed by atoms with Crippen molar-refractivity contribution in [3.8, 4) is 17.2 Å². The van der Waals surface area contributed by atoms with Crippen LogP contribution >= 0.6 is 0 Å². The van der Waals surface area contributed by atoms with Gasteiger partial charge in [-0.15, -0.1) is 0 Å². The summed E-state index contributed by atoms with van der Waals surface area (Å²) < 4.78 is 15.9. The quantitative estimate of drug-likeness (QED) is 0.810. The predicted molar refractivity (Wildman–Crippen MR) is 63.2 cm³/mol. The summed E-state index contributed by atoms with van der Waals surface area (Å²) in [6.07, 6.45) is 0. The molecule has 0 saturated carbocycles. The van der Waals surface area contributed by atoms with E-state index < -0.39 is 11.5 Å². The highest BCUT2D eigenvalue weighted by molar-refractivity contribution is 5.78. The van der Waals surface area contributed by atoms with E-state index in [1.165, 1.54) is 0 Å². The summed E-state index contributed by atoms with van der Waals surface area (Å²) in [5.41, 5.74) is -1.13. The second-order valence-electron chi connectivity index (χ2n) is 4.19. The molecule has 98 valence electrons. The van der Waals surface area contributed by atoms with Crippen LogP contribution in [0.5, 0.6) is 17.2 Å². The van der Waals surface area contributed by atoms with Crippen molar-refractivity contribution in [2.24, 2.45) is 0 Å². The van der Waals surface area contributed by atoms with Crippen molar-refractivity contribution in [1.29, 1.82) is 0 Å². The van der Waals surface area contributed by atoms with E-state index in [9.17, 15) is 4.79 Å². The molecule has 1 aromatic carbocycles. The fourth-order valence-electron chi connectivity index (χ4n) is 1.44. The number of hydrogen-bond acceptors (Lipinski definition) is 5. The second-order valence-corrected chi connectivity index (χ2v) is 4.19. The average molecular weight is 253 g/mol. The number of nitrogens with one attached hydrogen (secondary N) is 1. The highest BCUT2D eigenvalue weighted by Crippen LogP contribution is 2.35. The molecule has 1 aromatic rings. The summed E-state index contributed by atoms with van der Waals surface area (Å²) in [5.74, 6) is 0.846. The Kier molecular flexibility index (Phi) is 3.29. The summed E-state index contributed by atoms with van der Waals surface area (Å²) in [7, 11) is 1.58. The Balaban J connectivity index is 2.04. The fraction of sp³-hybridized carbons (Fsp3) is 0.417. The summed E-state index contributed by atoms with van der Waals surface area (Å²) in [6, 6.07) is 5.13. The number of rotatable bonds is 5. The van der Waals surface area contributed by atoms with Crippen molar-refractivity contribution in [1.82, 2.24) is 5.32 Å². The Hall–Kier alpha value is -1.95. The Morgan fingerprint density at radius 3 is 2.89 bits per heavy atom. The standard InChI is InChI=1S/C12H15NO5/c1-12(13-2,11(14)15)6-16-8-3-4-9-10(5-8)18-7-17-9/h3-5,13H,6-7H2,1-2H3,(H,14,15). The number of fused-ring (bicyclic) bond motifs is 1. The Morgan fingerprint density at radius 2 is 2.22 bits per heavy atom. The van der Waals surface area contributed by atoms with Crippen LogP contribution in [0.2, 0.25) is 0 Å². The van der Waals surface area contributed by atoms with Crippen LogP contribution in [0, 0.1) is 0 Å². The van der Waals surface area contributed by atoms with Gasteiger partial charge in [-0.1, -0.05) is 0 Å². The van der Waals surface area contributed by atoms with E-state index in [1.54, 1.807) is 32.2 Å². The van der Waals surface area contributed by atoms with Gasteiger partial charge in [-0.25, -0.2) is 0 Å². The van der Waals surface area contributed by atoms with E-state index in [4.69, 9.17) is 19.3 Å². The van der Waals surface area contributed by atoms with Gasteiger partial charge >= 0.3 is 5.97 Å². The van der Waals surface area contributed by atoms with Crippen molar-refractivity contribution < 1.29 is 24.1 Å². The lowest BCUT2D eigenvalue weighted by Gasteiger charge is -2.24. The molecule has 0 saturated heterocycles. The van der Waals surface area contributed by atoms with Gasteiger partial charge in [0.25, 0.3) is 0 Å². The summed E-state index contributed by atoms with van der Waals surface area (Å²) in [6.45, 7) is 1.77. The molecule has 6 nitrogen and oxygen atoms in total. The normalized spacial score (nSPS) is 16.1. The number of carbonyl (C=O) groups is 1. The van der Waals surface area contributed by atoms with Crippen LogP contribution in [0.15, 0.2) is 18.2 Å². The summed E-state index contributed by atoms with van der Waals surface area (Å²) >= 11 is 0. The molecule has 1 unspecified atom stereocenters. The molecule has 2 N–H and O–H groups in total. The Morgan fingerprint density at radius 1 is 1.50 bits per heavy atom. The van der Waals surface area contributed by atoms with Gasteiger partial charge < -0.3 is 24.6 Å². The smallest absolute Gasteiger partial charge is 0.327 e. The zero-order valence-electron chi connectivity index (χ0n) is 10.2. The minimum Gasteiger partial charge on any atom is -0.491 e. The lowest BCUT2D eigenvalue weighted by molar-refractivity contribution is -0.145. The number of benzene rings is 1. The highest BCUT2D eigenvalue weighted by atomic mass is 16.7. The Bertz CT molecular complexity index is 462. The topological polar surface area (TPSA) is 77.0 Å². The van der Waals surface area contributed by atoms with E-state index >= 15 is 0 Å². The molecule has 1 atom stereocenters. The lowest BCUT2D eigenvalue weighted by atomic mass is 10.1. The molecule has 2 rings (SSSR count). The van der Waals surface area contributed by atoms with E-state index in [0.717, 1.165) is 0 Å². The minimum atomic E-state index is -1.13. The first kappa shape index (κ1) is 12.5. The number of aliphatic carboxylic acids is 1. The molecule has 0 amide bonds. The molecule has 0 spiro atoms. The van der Waals surface area contributed by atoms with Crippen molar-refractivity contribution in [3.05, 3.63) is 18.2 Å². The van der Waals surface area contributed by atoms with Crippen LogP contribution in [0.25, 0.3) is 0 Å². The molecule has 0 bridgehead atoms. The van der Waals surface area contributed by atoms with Crippen LogP contribution in [0.4, 0.5) is 0 Å². The van der Waals surface area contributed by atoms with Crippen molar-refractivity contribution in [2.75, 3.05) is 20.4 Å². The molecule has 1 heterocycles. The van der Waals surface area contributed by atoms with Crippen LogP contribution in [0.1, 0.15) is 6.92 Å². The third-order valence-electron chi connectivity index (χ3n) is 2.90. The minimum absolute atomic E-state index is 0.0124. The molecule has 0 fully saturated rings. The predicted octanol–water partition coefficient (Wildman–Crippen LogP) is 0.857. The first-order chi connectivity index (χ1) is 8.55. The van der Waals surface area contributed by atoms with E-state index in [2.05, 4.69) is 5.32 Å². The molecule has 1 aliphatic heterocycles. The summed E-state index contributed by atoms with van der Waals surface area (Å²) in [4.78, 5) is 11.1. The third kappa shape index (κ3) is 2.33. The number of carboxylic acid groups (broad SMARTS) is 1. The highest BCUT2D eigenvalue weighted by Gasteiger charge is 2.32. The van der Waals surface area contributed by atoms with Crippen molar-refractivity contribution in [3.63, 3.8) is 0 Å². The molecule has 18 heavy (non-hydrogen) atoms. The number of carboxylic acids is 1. The first-order valence-electron chi connectivity index (χ1n) is 5.50. The third-order valence-corrected chi connectivity index (χ3v) is 2.90. The molecular weight excluding hydrogens is 238 g/mol.